The zero-order valence-corrected chi connectivity index (χ0v) is 16.4. The van der Waals surface area contributed by atoms with Crippen molar-refractivity contribution >= 4 is 35.6 Å². The number of rotatable bonds is 5. The molecule has 2 aliphatic heterocycles. The van der Waals surface area contributed by atoms with Crippen LogP contribution in [0.1, 0.15) is 26.0 Å². The smallest absolute Gasteiger partial charge is 0.324 e. The monoisotopic (exact) mass is 417 g/mol. The lowest BCUT2D eigenvalue weighted by Crippen LogP contribution is -2.49. The highest BCUT2D eigenvalue weighted by atomic mass is 32.5. The number of nitrogen functional groups attached to an aromatic ring is 1. The van der Waals surface area contributed by atoms with E-state index in [0.29, 0.717) is 19.4 Å². The maximum Gasteiger partial charge on any atom is 0.324 e. The number of ether oxygens (including phenoxy) is 2. The van der Waals surface area contributed by atoms with Crippen molar-refractivity contribution in [1.29, 1.82) is 0 Å². The first-order valence-electron chi connectivity index (χ1n) is 8.39. The van der Waals surface area contributed by atoms with Crippen molar-refractivity contribution in [2.24, 2.45) is 0 Å². The molecule has 2 fully saturated rings. The number of nitrogens with one attached hydrogen (secondary N) is 1. The third kappa shape index (κ3) is 3.01. The van der Waals surface area contributed by atoms with Gasteiger partial charge in [0.25, 0.3) is 5.56 Å². The molecule has 0 amide bonds. The van der Waals surface area contributed by atoms with E-state index in [9.17, 15) is 9.69 Å². The van der Waals surface area contributed by atoms with Crippen molar-refractivity contribution in [3.63, 3.8) is 0 Å². The molecule has 148 valence electrons. The van der Waals surface area contributed by atoms with E-state index in [1.165, 1.54) is 13.4 Å². The van der Waals surface area contributed by atoms with Crippen LogP contribution in [0.15, 0.2) is 11.1 Å². The number of nitrogens with two attached hydrogens (primary N) is 1. The molecule has 13 heteroatoms. The molecule has 0 aromatic carbocycles. The summed E-state index contributed by atoms with van der Waals surface area (Å²) in [5, 5.41) is 0. The van der Waals surface area contributed by atoms with E-state index >= 15 is 0 Å². The summed E-state index contributed by atoms with van der Waals surface area (Å²) >= 11 is 5.02. The van der Waals surface area contributed by atoms with Crippen LogP contribution in [0.3, 0.4) is 0 Å². The van der Waals surface area contributed by atoms with Crippen LogP contribution in [0, 0.1) is 0 Å². The topological polar surface area (TPSA) is 147 Å². The highest BCUT2D eigenvalue weighted by Crippen LogP contribution is 2.55. The first kappa shape index (κ1) is 18.9. The summed E-state index contributed by atoms with van der Waals surface area (Å²) in [6, 6.07) is 0. The lowest BCUT2D eigenvalue weighted by molar-refractivity contribution is -0.116. The largest absolute Gasteiger partial charge is 0.371 e. The van der Waals surface area contributed by atoms with Gasteiger partial charge in [-0.25, -0.2) is 4.98 Å². The standard InChI is InChI=1S/C14H20N5O6PS/c1-3-14-4-5-23-8(9(14)25-26(21,27)22-2)12(24-14)19-6-16-7-10(19)17-13(15)18-11(7)20/h6,8-9,12H,3-5H2,1-2H3,(H,21,27)(H3,15,17,18,20)/t8-,9?,12+,14-,26?/m0/s1. The van der Waals surface area contributed by atoms with Crippen molar-refractivity contribution in [2.75, 3.05) is 19.5 Å². The predicted molar refractivity (Wildman–Crippen MR) is 98.4 cm³/mol. The average molecular weight is 417 g/mol. The Labute approximate surface area is 159 Å². The van der Waals surface area contributed by atoms with Gasteiger partial charge in [0, 0.05) is 13.5 Å². The average Bonchev–Trinajstić information content (AvgIpc) is 3.09. The van der Waals surface area contributed by atoms with Crippen molar-refractivity contribution in [1.82, 2.24) is 19.5 Å². The SMILES string of the molecule is CC[C@]12CCO[C@@H](C1OP(O)(=S)OC)[C@H](n1cnc3c(=O)[nH]c(N)nc31)O2. The van der Waals surface area contributed by atoms with Gasteiger partial charge in [-0.3, -0.25) is 18.9 Å². The van der Waals surface area contributed by atoms with Crippen LogP contribution in [0.2, 0.25) is 0 Å². The maximum atomic E-state index is 12.1. The molecule has 2 aliphatic rings. The first-order chi connectivity index (χ1) is 12.8. The molecule has 2 bridgehead atoms. The highest BCUT2D eigenvalue weighted by molar-refractivity contribution is 8.07. The molecule has 4 heterocycles. The molecule has 2 aromatic rings. The van der Waals surface area contributed by atoms with Gasteiger partial charge in [-0.05, 0) is 18.2 Å². The summed E-state index contributed by atoms with van der Waals surface area (Å²) in [4.78, 5) is 33.0. The van der Waals surface area contributed by atoms with E-state index in [-0.39, 0.29) is 17.1 Å². The van der Waals surface area contributed by atoms with Gasteiger partial charge in [0.15, 0.2) is 17.4 Å². The second kappa shape index (κ2) is 6.59. The second-order valence-electron chi connectivity index (χ2n) is 6.46. The van der Waals surface area contributed by atoms with Crippen molar-refractivity contribution in [3.8, 4) is 0 Å². The molecule has 0 radical (unpaired) electrons. The number of hydrogen-bond donors (Lipinski definition) is 3. The normalized spacial score (nSPS) is 32.6. The van der Waals surface area contributed by atoms with Crippen LogP contribution < -0.4 is 11.3 Å². The van der Waals surface area contributed by atoms with Gasteiger partial charge in [-0.15, -0.1) is 0 Å². The van der Waals surface area contributed by atoms with E-state index in [2.05, 4.69) is 15.0 Å². The minimum atomic E-state index is -3.44. The Kier molecular flexibility index (Phi) is 4.62. The number of nitrogens with zero attached hydrogens (tertiary/aromatic N) is 3. The van der Waals surface area contributed by atoms with Gasteiger partial charge < -0.3 is 24.6 Å². The molecule has 2 unspecified atom stereocenters. The summed E-state index contributed by atoms with van der Waals surface area (Å²) in [5.41, 5.74) is 4.93. The minimum Gasteiger partial charge on any atom is -0.371 e. The molecule has 27 heavy (non-hydrogen) atoms. The number of aromatic nitrogens is 4. The van der Waals surface area contributed by atoms with Crippen molar-refractivity contribution in [2.45, 2.75) is 43.8 Å². The number of hydrogen-bond acceptors (Lipinski definition) is 9. The second-order valence-corrected chi connectivity index (χ2v) is 9.36. The van der Waals surface area contributed by atoms with E-state index < -0.39 is 36.3 Å². The van der Waals surface area contributed by atoms with Crippen LogP contribution in [0.5, 0.6) is 0 Å². The molecular weight excluding hydrogens is 397 g/mol. The van der Waals surface area contributed by atoms with Crippen LogP contribution in [-0.4, -0.2) is 55.9 Å². The van der Waals surface area contributed by atoms with Crippen LogP contribution in [0.25, 0.3) is 11.2 Å². The third-order valence-corrected chi connectivity index (χ3v) is 6.75. The predicted octanol–water partition coefficient (Wildman–Crippen LogP) is 0.417. The summed E-state index contributed by atoms with van der Waals surface area (Å²) in [5.74, 6) is -0.0283. The van der Waals surface area contributed by atoms with Crippen molar-refractivity contribution in [3.05, 3.63) is 16.7 Å². The van der Waals surface area contributed by atoms with Gasteiger partial charge in [-0.2, -0.15) is 4.98 Å². The van der Waals surface area contributed by atoms with Crippen molar-refractivity contribution < 1.29 is 23.4 Å². The summed E-state index contributed by atoms with van der Waals surface area (Å²) in [6.45, 7) is -1.02. The van der Waals surface area contributed by atoms with Crippen LogP contribution in [0.4, 0.5) is 5.95 Å². The van der Waals surface area contributed by atoms with E-state index in [4.69, 9.17) is 36.1 Å². The van der Waals surface area contributed by atoms with Gasteiger partial charge >= 0.3 is 6.72 Å². The van der Waals surface area contributed by atoms with E-state index in [1.54, 1.807) is 4.57 Å². The fourth-order valence-corrected chi connectivity index (χ4v) is 4.67. The Morgan fingerprint density at radius 2 is 2.41 bits per heavy atom. The molecule has 5 atom stereocenters. The molecule has 0 spiro atoms. The number of aromatic amines is 1. The van der Waals surface area contributed by atoms with Crippen LogP contribution >= 0.6 is 6.72 Å². The molecule has 2 aromatic heterocycles. The quantitative estimate of drug-likeness (QED) is 0.585. The summed E-state index contributed by atoms with van der Waals surface area (Å²) in [7, 11) is 1.30. The number of imidazole rings is 1. The fourth-order valence-electron chi connectivity index (χ4n) is 3.71. The van der Waals surface area contributed by atoms with E-state index in [0.717, 1.165) is 0 Å². The zero-order chi connectivity index (χ0) is 19.4. The zero-order valence-electron chi connectivity index (χ0n) is 14.7. The summed E-state index contributed by atoms with van der Waals surface area (Å²) in [6.07, 6.45) is 0.700. The number of anilines is 1. The van der Waals surface area contributed by atoms with Gasteiger partial charge in [0.1, 0.15) is 17.8 Å². The Morgan fingerprint density at radius 1 is 1.63 bits per heavy atom. The molecule has 0 saturated carbocycles. The Hall–Kier alpha value is -1.40. The van der Waals surface area contributed by atoms with E-state index in [1.807, 2.05) is 6.92 Å². The Morgan fingerprint density at radius 3 is 3.11 bits per heavy atom. The molecule has 11 nitrogen and oxygen atoms in total. The van der Waals surface area contributed by atoms with Gasteiger partial charge in [-0.1, -0.05) is 6.92 Å². The fraction of sp³-hybridized carbons (Fsp3) is 0.643. The first-order valence-corrected chi connectivity index (χ1v) is 11.0. The third-order valence-electron chi connectivity index (χ3n) is 5.09. The van der Waals surface area contributed by atoms with Gasteiger partial charge in [0.05, 0.1) is 12.9 Å². The number of H-pyrrole nitrogens is 1. The lowest BCUT2D eigenvalue weighted by Gasteiger charge is -2.38. The van der Waals surface area contributed by atoms with Gasteiger partial charge in [0.2, 0.25) is 5.95 Å². The van der Waals surface area contributed by atoms with Crippen LogP contribution in [-0.2, 0) is 30.3 Å². The Bertz CT molecular complexity index is 981. The summed E-state index contributed by atoms with van der Waals surface area (Å²) < 4.78 is 24.5. The minimum absolute atomic E-state index is 0.0283. The molecule has 4 rings (SSSR count). The molecule has 4 N–H and O–H groups in total. The molecule has 2 saturated heterocycles. The highest BCUT2D eigenvalue weighted by Gasteiger charge is 2.60. The Balaban J connectivity index is 1.79. The lowest BCUT2D eigenvalue weighted by atomic mass is 9.87. The number of fused-ring (bicyclic) bond motifs is 3. The maximum absolute atomic E-state index is 12.1. The molecule has 0 aliphatic carbocycles. The molecular formula is C14H20N5O6PS.